The van der Waals surface area contributed by atoms with Gasteiger partial charge in [0.1, 0.15) is 5.58 Å². The van der Waals surface area contributed by atoms with E-state index < -0.39 is 26.2 Å². The van der Waals surface area contributed by atoms with Crippen molar-refractivity contribution >= 4 is 135 Å². The SMILES string of the molecule is [2H]c1c([2H])c([2H])c(-c2ccc3scc(N(c4ccc(C(C)(C)C)cc4)c4cc([Si](c5ccccc5)(c5ccccc5)c5ccccc5)cc(N(c5cccc(N(c6ccc(C(C)(C)C)cc6)c6ccccc6-c6ccccc6)c5)c5cccc6c5oc5ccccc56)c4Cl)c3c2)c([2H])c1[2H]. The van der Waals surface area contributed by atoms with E-state index in [1.165, 1.54) is 5.56 Å². The van der Waals surface area contributed by atoms with Gasteiger partial charge in [0, 0.05) is 54.6 Å². The van der Waals surface area contributed by atoms with Gasteiger partial charge in [-0.25, -0.2) is 0 Å². The summed E-state index contributed by atoms with van der Waals surface area (Å²) in [5.74, 6) is 0. The Labute approximate surface area is 574 Å². The van der Waals surface area contributed by atoms with Crippen LogP contribution in [0.5, 0.6) is 0 Å². The van der Waals surface area contributed by atoms with Gasteiger partial charge in [-0.3, -0.25) is 0 Å². The third-order valence-electron chi connectivity index (χ3n) is 18.3. The summed E-state index contributed by atoms with van der Waals surface area (Å²) in [5, 5.41) is 9.84. The number of thiophene rings is 1. The van der Waals surface area contributed by atoms with Gasteiger partial charge in [0.15, 0.2) is 13.7 Å². The van der Waals surface area contributed by atoms with E-state index in [2.05, 4.69) is 322 Å². The molecule has 13 aromatic carbocycles. The number of anilines is 9. The molecule has 7 heteroatoms. The zero-order valence-electron chi connectivity index (χ0n) is 58.8. The topological polar surface area (TPSA) is 22.9 Å². The van der Waals surface area contributed by atoms with E-state index in [1.54, 1.807) is 11.3 Å². The highest BCUT2D eigenvalue weighted by Crippen LogP contribution is 2.52. The molecule has 0 spiro atoms. The fourth-order valence-corrected chi connectivity index (χ4v) is 19.6. The van der Waals surface area contributed by atoms with E-state index in [4.69, 9.17) is 20.1 Å². The van der Waals surface area contributed by atoms with Crippen molar-refractivity contribution in [1.82, 2.24) is 0 Å². The van der Waals surface area contributed by atoms with Crippen molar-refractivity contribution in [3.63, 3.8) is 0 Å². The Morgan fingerprint density at radius 2 is 0.863 bits per heavy atom. The number of para-hydroxylation sites is 3. The molecule has 0 radical (unpaired) electrons. The first-order valence-corrected chi connectivity index (χ1v) is 35.5. The van der Waals surface area contributed by atoms with Crippen molar-refractivity contribution in [2.75, 3.05) is 14.7 Å². The quantitative estimate of drug-likeness (QED) is 0.0754. The second kappa shape index (κ2) is 25.1. The Morgan fingerprint density at radius 3 is 1.46 bits per heavy atom. The summed E-state index contributed by atoms with van der Waals surface area (Å²) >= 11 is 10.4. The number of nitrogens with zero attached hydrogens (tertiary/aromatic N) is 3. The molecule has 0 amide bonds. The van der Waals surface area contributed by atoms with E-state index in [0.717, 1.165) is 104 Å². The van der Waals surface area contributed by atoms with Crippen LogP contribution in [0.2, 0.25) is 5.02 Å². The van der Waals surface area contributed by atoms with Gasteiger partial charge in [-0.1, -0.05) is 290 Å². The van der Waals surface area contributed by atoms with E-state index in [9.17, 15) is 2.74 Å². The third-order valence-corrected chi connectivity index (χ3v) is 24.4. The fraction of sp³-hybridized carbons (Fsp3) is 0.0909. The zero-order valence-corrected chi connectivity index (χ0v) is 56.4. The van der Waals surface area contributed by atoms with Crippen LogP contribution >= 0.6 is 22.9 Å². The number of hydrogen-bond acceptors (Lipinski definition) is 5. The first-order chi connectivity index (χ1) is 48.4. The number of benzene rings is 13. The average molecular weight is 1290 g/mol. The molecule has 0 bridgehead atoms. The maximum atomic E-state index is 9.22. The van der Waals surface area contributed by atoms with E-state index >= 15 is 0 Å². The van der Waals surface area contributed by atoms with Crippen LogP contribution in [0.25, 0.3) is 54.3 Å². The molecule has 15 aromatic rings. The average Bonchev–Trinajstić information content (AvgIpc) is 0.759. The molecule has 0 aliphatic carbocycles. The minimum absolute atomic E-state index is 0.0862. The maximum absolute atomic E-state index is 9.22. The van der Waals surface area contributed by atoms with Crippen molar-refractivity contribution in [2.45, 2.75) is 52.4 Å². The molecule has 2 aromatic heterocycles. The van der Waals surface area contributed by atoms with Crippen LogP contribution in [0.3, 0.4) is 0 Å². The van der Waals surface area contributed by atoms with Gasteiger partial charge in [-0.2, -0.15) is 0 Å². The predicted molar refractivity (Wildman–Crippen MR) is 410 cm³/mol. The first-order valence-electron chi connectivity index (χ1n) is 34.7. The molecule has 0 unspecified atom stereocenters. The summed E-state index contributed by atoms with van der Waals surface area (Å²) < 4.78 is 52.7. The fourth-order valence-electron chi connectivity index (χ4n) is 13.6. The van der Waals surface area contributed by atoms with Gasteiger partial charge in [0.2, 0.25) is 0 Å². The summed E-state index contributed by atoms with van der Waals surface area (Å²) in [6.45, 7) is 13.4. The molecule has 0 saturated carbocycles. The monoisotopic (exact) mass is 1290 g/mol. The molecule has 0 aliphatic rings. The van der Waals surface area contributed by atoms with Crippen LogP contribution in [0.4, 0.5) is 51.2 Å². The summed E-state index contributed by atoms with van der Waals surface area (Å²) in [5.41, 5.74) is 13.7. The molecular weight excluding hydrogens is 1210 g/mol. The lowest BCUT2D eigenvalue weighted by Gasteiger charge is -2.38. The van der Waals surface area contributed by atoms with Crippen molar-refractivity contribution in [3.05, 3.63) is 343 Å². The summed E-state index contributed by atoms with van der Waals surface area (Å²) in [4.78, 5) is 6.94. The standard InChI is InChI=1S/C88H72ClN3OSSi/c1-87(2,3)64-47-51-66(52-48-64)90(78-43-24-22-40-74(78)62-30-14-8-15-31-62)68-32-26-33-69(57-68)92(79-44-27-42-76-75-41-23-25-45-83(75)93-86(76)79)81-59-73(95(70-34-16-9-17-35-70,71-36-18-10-19-37-71)72-38-20-11-21-39-72)58-80(85(81)89)91(67-53-49-65(50-54-67)88(4,5)6)82-60-94-84-55-46-63(56-77(82)84)61-28-12-7-13-29-61/h7-60H,1-6H3/i7D,12D,13D,28D,29D. The molecule has 0 atom stereocenters. The van der Waals surface area contributed by atoms with E-state index in [0.29, 0.717) is 27.5 Å². The summed E-state index contributed by atoms with van der Waals surface area (Å²) in [7, 11) is -3.52. The number of fused-ring (bicyclic) bond motifs is 4. The van der Waals surface area contributed by atoms with Crippen LogP contribution in [0.1, 0.15) is 59.5 Å². The van der Waals surface area contributed by atoms with Crippen molar-refractivity contribution in [3.8, 4) is 22.3 Å². The number of rotatable bonds is 15. The molecular formula is C88H72ClN3OSSi. The largest absolute Gasteiger partial charge is 0.454 e. The van der Waals surface area contributed by atoms with Crippen molar-refractivity contribution in [1.29, 1.82) is 0 Å². The van der Waals surface area contributed by atoms with Gasteiger partial charge in [0.25, 0.3) is 0 Å². The van der Waals surface area contributed by atoms with Crippen molar-refractivity contribution in [2.24, 2.45) is 0 Å². The lowest BCUT2D eigenvalue weighted by molar-refractivity contribution is 0.590. The summed E-state index contributed by atoms with van der Waals surface area (Å²) in [6, 6.07) is 102. The van der Waals surface area contributed by atoms with E-state index in [-0.39, 0.29) is 28.5 Å². The molecule has 462 valence electrons. The molecule has 15 rings (SSSR count). The number of furan rings is 1. The second-order valence-electron chi connectivity index (χ2n) is 26.3. The highest BCUT2D eigenvalue weighted by molar-refractivity contribution is 7.20. The smallest absolute Gasteiger partial charge is 0.179 e. The predicted octanol–water partition coefficient (Wildman–Crippen LogP) is 23.2. The molecule has 0 aliphatic heterocycles. The zero-order chi connectivity index (χ0) is 69.2. The minimum Gasteiger partial charge on any atom is -0.454 e. The van der Waals surface area contributed by atoms with Gasteiger partial charge >= 0.3 is 0 Å². The molecule has 0 saturated heterocycles. The molecule has 0 N–H and O–H groups in total. The number of halogens is 1. The summed E-state index contributed by atoms with van der Waals surface area (Å²) in [6.07, 6.45) is 0. The normalized spacial score (nSPS) is 12.7. The van der Waals surface area contributed by atoms with Crippen LogP contribution < -0.4 is 35.4 Å². The number of hydrogen-bond donors (Lipinski definition) is 0. The van der Waals surface area contributed by atoms with Gasteiger partial charge in [-0.05, 0) is 144 Å². The lowest BCUT2D eigenvalue weighted by atomic mass is 9.87. The van der Waals surface area contributed by atoms with Crippen LogP contribution in [0, 0.1) is 0 Å². The van der Waals surface area contributed by atoms with Crippen LogP contribution in [-0.4, -0.2) is 8.07 Å². The Morgan fingerprint density at radius 1 is 0.368 bits per heavy atom. The highest BCUT2D eigenvalue weighted by atomic mass is 35.5. The molecule has 4 nitrogen and oxygen atoms in total. The molecule has 95 heavy (non-hydrogen) atoms. The molecule has 0 fully saturated rings. The Balaban J connectivity index is 1.09. The van der Waals surface area contributed by atoms with Crippen LogP contribution in [-0.2, 0) is 10.8 Å². The maximum Gasteiger partial charge on any atom is 0.179 e. The minimum atomic E-state index is -3.52. The van der Waals surface area contributed by atoms with Crippen molar-refractivity contribution < 1.29 is 11.3 Å². The van der Waals surface area contributed by atoms with E-state index in [1.807, 2.05) is 30.3 Å². The Bertz CT molecular complexity index is 5420. The lowest BCUT2D eigenvalue weighted by Crippen LogP contribution is -2.74. The van der Waals surface area contributed by atoms with Gasteiger partial charge in [0.05, 0.1) is 40.3 Å². The van der Waals surface area contributed by atoms with Gasteiger partial charge < -0.3 is 19.1 Å². The molecule has 2 heterocycles. The third kappa shape index (κ3) is 11.3. The Hall–Kier alpha value is -10.5. The van der Waals surface area contributed by atoms with Crippen LogP contribution in [0.15, 0.2) is 331 Å². The Kier molecular flexibility index (Phi) is 14.5. The van der Waals surface area contributed by atoms with Gasteiger partial charge in [-0.15, -0.1) is 11.3 Å². The second-order valence-corrected chi connectivity index (χ2v) is 31.4. The highest BCUT2D eigenvalue weighted by Gasteiger charge is 2.43. The first kappa shape index (κ1) is 55.0.